The van der Waals surface area contributed by atoms with Gasteiger partial charge in [-0.3, -0.25) is 9.59 Å². The van der Waals surface area contributed by atoms with Crippen molar-refractivity contribution in [1.29, 1.82) is 0 Å². The van der Waals surface area contributed by atoms with Gasteiger partial charge in [0.25, 0.3) is 5.91 Å². The second kappa shape index (κ2) is 7.23. The first-order valence-corrected chi connectivity index (χ1v) is 7.61. The lowest BCUT2D eigenvalue weighted by Crippen LogP contribution is -2.33. The first-order chi connectivity index (χ1) is 9.65. The highest BCUT2D eigenvalue weighted by molar-refractivity contribution is 7.13. The van der Waals surface area contributed by atoms with Gasteiger partial charge in [0, 0.05) is 31.1 Å². The van der Waals surface area contributed by atoms with Crippen molar-refractivity contribution >= 4 is 28.3 Å². The minimum Gasteiger partial charge on any atom is -0.456 e. The summed E-state index contributed by atoms with van der Waals surface area (Å²) in [6, 6.07) is 0. The summed E-state index contributed by atoms with van der Waals surface area (Å²) < 4.78 is 4.74. The van der Waals surface area contributed by atoms with Crippen molar-refractivity contribution in [3.8, 4) is 0 Å². The van der Waals surface area contributed by atoms with Crippen LogP contribution in [0.1, 0.15) is 25.7 Å². The molecule has 7 heteroatoms. The molecule has 110 valence electrons. The highest BCUT2D eigenvalue weighted by atomic mass is 32.1. The smallest absolute Gasteiger partial charge is 0.306 e. The molecule has 0 bridgehead atoms. The van der Waals surface area contributed by atoms with E-state index in [1.165, 1.54) is 0 Å². The minimum absolute atomic E-state index is 0.318. The molecule has 1 aromatic rings. The van der Waals surface area contributed by atoms with Crippen molar-refractivity contribution in [2.24, 2.45) is 11.7 Å². The number of carbonyl (C=O) groups excluding carboxylic acids is 2. The van der Waals surface area contributed by atoms with E-state index in [-0.39, 0.29) is 12.6 Å². The van der Waals surface area contributed by atoms with Crippen LogP contribution in [0.4, 0.5) is 5.13 Å². The third kappa shape index (κ3) is 4.48. The van der Waals surface area contributed by atoms with Crippen LogP contribution in [0.5, 0.6) is 0 Å². The monoisotopic (exact) mass is 297 g/mol. The molecule has 0 atom stereocenters. The van der Waals surface area contributed by atoms with Crippen molar-refractivity contribution in [3.05, 3.63) is 11.6 Å². The van der Waals surface area contributed by atoms with Crippen molar-refractivity contribution in [3.63, 3.8) is 0 Å². The lowest BCUT2D eigenvalue weighted by Gasteiger charge is -2.31. The Morgan fingerprint density at radius 1 is 1.45 bits per heavy atom. The van der Waals surface area contributed by atoms with E-state index in [1.54, 1.807) is 11.3 Å². The number of thiazole rings is 1. The number of anilines is 1. The summed E-state index contributed by atoms with van der Waals surface area (Å²) in [5, 5.41) is 3.06. The predicted octanol–water partition coefficient (Wildman–Crippen LogP) is 1.17. The second-order valence-electron chi connectivity index (χ2n) is 4.91. The van der Waals surface area contributed by atoms with Crippen molar-refractivity contribution in [2.45, 2.75) is 25.7 Å². The molecular weight excluding hydrogens is 278 g/mol. The summed E-state index contributed by atoms with van der Waals surface area (Å²) in [5.41, 5.74) is 4.91. The summed E-state index contributed by atoms with van der Waals surface area (Å²) in [6.07, 6.45) is 5.10. The fourth-order valence-corrected chi connectivity index (χ4v) is 3.03. The molecule has 1 aliphatic heterocycles. The number of primary amides is 1. The van der Waals surface area contributed by atoms with Crippen LogP contribution in [-0.4, -0.2) is 36.6 Å². The summed E-state index contributed by atoms with van der Waals surface area (Å²) in [5.74, 6) is -0.423. The molecule has 0 radical (unpaired) electrons. The summed E-state index contributed by atoms with van der Waals surface area (Å²) in [4.78, 5) is 28.5. The molecule has 20 heavy (non-hydrogen) atoms. The lowest BCUT2D eigenvalue weighted by atomic mass is 9.92. The van der Waals surface area contributed by atoms with Gasteiger partial charge in [-0.25, -0.2) is 4.98 Å². The van der Waals surface area contributed by atoms with E-state index >= 15 is 0 Å². The molecule has 0 aromatic carbocycles. The maximum Gasteiger partial charge on any atom is 0.306 e. The summed E-state index contributed by atoms with van der Waals surface area (Å²) in [7, 11) is 0. The number of hydrogen-bond donors (Lipinski definition) is 1. The third-order valence-electron chi connectivity index (χ3n) is 3.44. The molecule has 2 rings (SSSR count). The first-order valence-electron chi connectivity index (χ1n) is 6.73. The number of aromatic nitrogens is 1. The Bertz CT molecular complexity index is 442. The van der Waals surface area contributed by atoms with Gasteiger partial charge in [0.2, 0.25) is 0 Å². The predicted molar refractivity (Wildman–Crippen MR) is 76.4 cm³/mol. The maximum absolute atomic E-state index is 11.4. The van der Waals surface area contributed by atoms with Gasteiger partial charge in [-0.15, -0.1) is 11.3 Å². The van der Waals surface area contributed by atoms with E-state index in [9.17, 15) is 9.59 Å². The average Bonchev–Trinajstić information content (AvgIpc) is 2.97. The SMILES string of the molecule is NC(=O)COC(=O)CCC1CCN(c2nccs2)CC1. The van der Waals surface area contributed by atoms with Crippen LogP contribution in [0, 0.1) is 5.92 Å². The van der Waals surface area contributed by atoms with E-state index < -0.39 is 5.91 Å². The van der Waals surface area contributed by atoms with Crippen molar-refractivity contribution < 1.29 is 14.3 Å². The molecule has 1 aliphatic rings. The number of hydrogen-bond acceptors (Lipinski definition) is 6. The number of nitrogens with two attached hydrogens (primary N) is 1. The number of nitrogens with zero attached hydrogens (tertiary/aromatic N) is 2. The van der Waals surface area contributed by atoms with Crippen LogP contribution in [0.2, 0.25) is 0 Å². The fraction of sp³-hybridized carbons (Fsp3) is 0.615. The number of carbonyl (C=O) groups is 2. The van der Waals surface area contributed by atoms with Gasteiger partial charge < -0.3 is 15.4 Å². The van der Waals surface area contributed by atoms with E-state index in [0.717, 1.165) is 37.5 Å². The molecule has 1 aromatic heterocycles. The molecular formula is C13H19N3O3S. The number of rotatable bonds is 6. The molecule has 2 heterocycles. The normalized spacial score (nSPS) is 16.1. The van der Waals surface area contributed by atoms with Gasteiger partial charge in [0.15, 0.2) is 11.7 Å². The largest absolute Gasteiger partial charge is 0.456 e. The van der Waals surface area contributed by atoms with Crippen molar-refractivity contribution in [2.75, 3.05) is 24.6 Å². The Morgan fingerprint density at radius 3 is 2.80 bits per heavy atom. The molecule has 6 nitrogen and oxygen atoms in total. The van der Waals surface area contributed by atoms with E-state index in [0.29, 0.717) is 12.3 Å². The van der Waals surface area contributed by atoms with Crippen LogP contribution in [-0.2, 0) is 14.3 Å². The molecule has 0 saturated carbocycles. The number of amides is 1. The first kappa shape index (κ1) is 14.8. The highest BCUT2D eigenvalue weighted by Crippen LogP contribution is 2.27. The summed E-state index contributed by atoms with van der Waals surface area (Å²) >= 11 is 1.66. The summed E-state index contributed by atoms with van der Waals surface area (Å²) in [6.45, 7) is 1.64. The van der Waals surface area contributed by atoms with E-state index in [4.69, 9.17) is 10.5 Å². The van der Waals surface area contributed by atoms with Crippen LogP contribution in [0.3, 0.4) is 0 Å². The Kier molecular flexibility index (Phi) is 5.34. The quantitative estimate of drug-likeness (QED) is 0.797. The van der Waals surface area contributed by atoms with Gasteiger partial charge in [-0.2, -0.15) is 0 Å². The number of esters is 1. The van der Waals surface area contributed by atoms with Crippen LogP contribution in [0.15, 0.2) is 11.6 Å². The Labute approximate surface area is 121 Å². The topological polar surface area (TPSA) is 85.5 Å². The Balaban J connectivity index is 1.64. The average molecular weight is 297 g/mol. The molecule has 0 unspecified atom stereocenters. The molecule has 1 saturated heterocycles. The van der Waals surface area contributed by atoms with E-state index in [1.807, 2.05) is 11.6 Å². The van der Waals surface area contributed by atoms with Crippen molar-refractivity contribution in [1.82, 2.24) is 4.98 Å². The second-order valence-corrected chi connectivity index (χ2v) is 5.78. The van der Waals surface area contributed by atoms with Gasteiger partial charge in [0.1, 0.15) is 0 Å². The molecule has 2 N–H and O–H groups in total. The standard InChI is InChI=1S/C13H19N3O3S/c14-11(17)9-19-12(18)2-1-10-3-6-16(7-4-10)13-15-5-8-20-13/h5,8,10H,1-4,6-7,9H2,(H2,14,17). The fourth-order valence-electron chi connectivity index (χ4n) is 2.33. The van der Waals surface area contributed by atoms with E-state index in [2.05, 4.69) is 9.88 Å². The number of piperidine rings is 1. The zero-order valence-corrected chi connectivity index (χ0v) is 12.1. The Morgan fingerprint density at radius 2 is 2.20 bits per heavy atom. The van der Waals surface area contributed by atoms with Gasteiger partial charge >= 0.3 is 5.97 Å². The van der Waals surface area contributed by atoms with Crippen LogP contribution >= 0.6 is 11.3 Å². The van der Waals surface area contributed by atoms with Gasteiger partial charge in [-0.05, 0) is 25.2 Å². The van der Waals surface area contributed by atoms with Gasteiger partial charge in [-0.1, -0.05) is 0 Å². The van der Waals surface area contributed by atoms with Crippen LogP contribution < -0.4 is 10.6 Å². The minimum atomic E-state index is -0.616. The zero-order chi connectivity index (χ0) is 14.4. The lowest BCUT2D eigenvalue weighted by molar-refractivity contribution is -0.148. The third-order valence-corrected chi connectivity index (χ3v) is 4.27. The molecule has 0 spiro atoms. The Hall–Kier alpha value is -1.63. The number of ether oxygens (including phenoxy) is 1. The molecule has 0 aliphatic carbocycles. The highest BCUT2D eigenvalue weighted by Gasteiger charge is 2.21. The van der Waals surface area contributed by atoms with Gasteiger partial charge in [0.05, 0.1) is 0 Å². The molecule has 1 fully saturated rings. The van der Waals surface area contributed by atoms with Crippen LogP contribution in [0.25, 0.3) is 0 Å². The maximum atomic E-state index is 11.4. The molecule has 1 amide bonds. The zero-order valence-electron chi connectivity index (χ0n) is 11.3.